The minimum atomic E-state index is -0.494. The number of piperidine rings is 2. The Balaban J connectivity index is 1.36. The normalized spacial score (nSPS) is 18.5. The van der Waals surface area contributed by atoms with E-state index in [1.54, 1.807) is 29.4 Å². The van der Waals surface area contributed by atoms with Crippen LogP contribution in [0.5, 0.6) is 0 Å². The van der Waals surface area contributed by atoms with Gasteiger partial charge in [-0.05, 0) is 64.5 Å². The van der Waals surface area contributed by atoms with Crippen molar-refractivity contribution in [3.05, 3.63) is 30.1 Å². The van der Waals surface area contributed by atoms with Crippen LogP contribution in [-0.2, 0) is 9.53 Å². The lowest BCUT2D eigenvalue weighted by Gasteiger charge is -2.34. The Morgan fingerprint density at radius 1 is 1.00 bits per heavy atom. The van der Waals surface area contributed by atoms with E-state index in [9.17, 15) is 14.4 Å². The van der Waals surface area contributed by atoms with Crippen molar-refractivity contribution in [2.45, 2.75) is 64.5 Å². The molecule has 2 aliphatic heterocycles. The molecule has 1 aromatic rings. The van der Waals surface area contributed by atoms with Gasteiger partial charge in [-0.25, -0.2) is 4.79 Å². The number of rotatable bonds is 4. The SMILES string of the molecule is CC(C)(C)OC(=O)N1CCC(CC(=O)NC2CCN(C(=O)c3ccncc3)CC2)CC1. The first-order valence-corrected chi connectivity index (χ1v) is 11.2. The van der Waals surface area contributed by atoms with Gasteiger partial charge in [-0.3, -0.25) is 14.6 Å². The third kappa shape index (κ3) is 6.94. The van der Waals surface area contributed by atoms with Crippen molar-refractivity contribution in [2.75, 3.05) is 26.2 Å². The lowest BCUT2D eigenvalue weighted by molar-refractivity contribution is -0.123. The molecule has 2 fully saturated rings. The van der Waals surface area contributed by atoms with Crippen molar-refractivity contribution >= 4 is 17.9 Å². The fraction of sp³-hybridized carbons (Fsp3) is 0.652. The third-order valence-corrected chi connectivity index (χ3v) is 5.81. The number of hydrogen-bond acceptors (Lipinski definition) is 5. The fourth-order valence-corrected chi connectivity index (χ4v) is 4.10. The van der Waals surface area contributed by atoms with E-state index in [1.807, 2.05) is 25.7 Å². The summed E-state index contributed by atoms with van der Waals surface area (Å²) in [5, 5.41) is 3.14. The van der Waals surface area contributed by atoms with Gasteiger partial charge in [0, 0.05) is 56.6 Å². The first kappa shape index (κ1) is 23.0. The maximum Gasteiger partial charge on any atom is 0.410 e. The Kier molecular flexibility index (Phi) is 7.51. The highest BCUT2D eigenvalue weighted by molar-refractivity contribution is 5.94. The molecular weight excluding hydrogens is 396 g/mol. The number of nitrogens with one attached hydrogen (secondary N) is 1. The van der Waals surface area contributed by atoms with E-state index in [1.165, 1.54) is 0 Å². The smallest absolute Gasteiger partial charge is 0.410 e. The average Bonchev–Trinajstić information content (AvgIpc) is 2.73. The van der Waals surface area contributed by atoms with Gasteiger partial charge in [0.2, 0.25) is 5.91 Å². The molecule has 31 heavy (non-hydrogen) atoms. The van der Waals surface area contributed by atoms with E-state index in [-0.39, 0.29) is 29.9 Å². The van der Waals surface area contributed by atoms with Crippen LogP contribution < -0.4 is 5.32 Å². The van der Waals surface area contributed by atoms with Crippen molar-refractivity contribution in [2.24, 2.45) is 5.92 Å². The maximum atomic E-state index is 12.5. The van der Waals surface area contributed by atoms with Gasteiger partial charge >= 0.3 is 6.09 Å². The second kappa shape index (κ2) is 10.1. The van der Waals surface area contributed by atoms with Crippen LogP contribution in [-0.4, -0.2) is 70.5 Å². The number of amides is 3. The van der Waals surface area contributed by atoms with E-state index in [0.29, 0.717) is 38.2 Å². The standard InChI is InChI=1S/C23H34N4O4/c1-23(2,3)31-22(30)27-12-6-17(7-13-27)16-20(28)25-19-8-14-26(15-9-19)21(29)18-4-10-24-11-5-18/h4-5,10-11,17,19H,6-9,12-16H2,1-3H3,(H,25,28). The fourth-order valence-electron chi connectivity index (χ4n) is 4.10. The van der Waals surface area contributed by atoms with Crippen LogP contribution in [0.1, 0.15) is 63.2 Å². The lowest BCUT2D eigenvalue weighted by atomic mass is 9.93. The number of aromatic nitrogens is 1. The molecule has 0 atom stereocenters. The summed E-state index contributed by atoms with van der Waals surface area (Å²) >= 11 is 0. The van der Waals surface area contributed by atoms with Gasteiger partial charge in [-0.1, -0.05) is 0 Å². The first-order valence-electron chi connectivity index (χ1n) is 11.2. The zero-order valence-electron chi connectivity index (χ0n) is 18.8. The highest BCUT2D eigenvalue weighted by atomic mass is 16.6. The zero-order valence-corrected chi connectivity index (χ0v) is 18.8. The van der Waals surface area contributed by atoms with Gasteiger partial charge in [-0.2, -0.15) is 0 Å². The van der Waals surface area contributed by atoms with Gasteiger partial charge in [0.15, 0.2) is 0 Å². The zero-order chi connectivity index (χ0) is 22.4. The molecule has 8 nitrogen and oxygen atoms in total. The summed E-state index contributed by atoms with van der Waals surface area (Å²) in [4.78, 5) is 44.7. The minimum Gasteiger partial charge on any atom is -0.444 e. The topological polar surface area (TPSA) is 91.8 Å². The molecule has 3 amide bonds. The molecule has 1 aromatic heterocycles. The van der Waals surface area contributed by atoms with Crippen molar-refractivity contribution in [3.63, 3.8) is 0 Å². The Morgan fingerprint density at radius 3 is 2.16 bits per heavy atom. The maximum absolute atomic E-state index is 12.5. The molecule has 2 saturated heterocycles. The molecule has 3 rings (SSSR count). The van der Waals surface area contributed by atoms with Gasteiger partial charge in [0.25, 0.3) is 5.91 Å². The Labute approximate surface area is 184 Å². The lowest BCUT2D eigenvalue weighted by Crippen LogP contribution is -2.47. The number of pyridine rings is 1. The van der Waals surface area contributed by atoms with Crippen LogP contribution in [0.3, 0.4) is 0 Å². The molecule has 0 aromatic carbocycles. The molecule has 0 aliphatic carbocycles. The minimum absolute atomic E-state index is 0.0175. The van der Waals surface area contributed by atoms with Gasteiger partial charge in [-0.15, -0.1) is 0 Å². The predicted octanol–water partition coefficient (Wildman–Crippen LogP) is 2.84. The number of carbonyl (C=O) groups excluding carboxylic acids is 3. The number of ether oxygens (including phenoxy) is 1. The average molecular weight is 431 g/mol. The molecule has 170 valence electrons. The molecule has 8 heteroatoms. The van der Waals surface area contributed by atoms with E-state index in [4.69, 9.17) is 4.74 Å². The number of hydrogen-bond donors (Lipinski definition) is 1. The molecule has 2 aliphatic rings. The van der Waals surface area contributed by atoms with E-state index in [2.05, 4.69) is 10.3 Å². The van der Waals surface area contributed by atoms with Crippen molar-refractivity contribution in [1.29, 1.82) is 0 Å². The Bertz CT molecular complexity index is 762. The summed E-state index contributed by atoms with van der Waals surface area (Å²) in [6.07, 6.45) is 6.61. The quantitative estimate of drug-likeness (QED) is 0.793. The number of likely N-dealkylation sites (tertiary alicyclic amines) is 2. The van der Waals surface area contributed by atoms with Crippen LogP contribution in [0.4, 0.5) is 4.79 Å². The molecule has 0 radical (unpaired) electrons. The van der Waals surface area contributed by atoms with Crippen LogP contribution in [0.2, 0.25) is 0 Å². The van der Waals surface area contributed by atoms with Crippen molar-refractivity contribution < 1.29 is 19.1 Å². The van der Waals surface area contributed by atoms with Crippen molar-refractivity contribution in [1.82, 2.24) is 20.1 Å². The molecule has 0 unspecified atom stereocenters. The van der Waals surface area contributed by atoms with Crippen LogP contribution in [0.15, 0.2) is 24.5 Å². The molecule has 0 spiro atoms. The van der Waals surface area contributed by atoms with Crippen LogP contribution >= 0.6 is 0 Å². The second-order valence-corrected chi connectivity index (χ2v) is 9.48. The molecule has 3 heterocycles. The summed E-state index contributed by atoms with van der Waals surface area (Å²) in [5.41, 5.74) is 0.155. The highest BCUT2D eigenvalue weighted by Gasteiger charge is 2.29. The van der Waals surface area contributed by atoms with Crippen molar-refractivity contribution in [3.8, 4) is 0 Å². The Morgan fingerprint density at radius 2 is 1.58 bits per heavy atom. The number of nitrogens with zero attached hydrogens (tertiary/aromatic N) is 3. The van der Waals surface area contributed by atoms with Gasteiger partial charge < -0.3 is 19.9 Å². The number of carbonyl (C=O) groups is 3. The summed E-state index contributed by atoms with van der Waals surface area (Å²) < 4.78 is 5.42. The van der Waals surface area contributed by atoms with E-state index in [0.717, 1.165) is 25.7 Å². The van der Waals surface area contributed by atoms with E-state index >= 15 is 0 Å². The van der Waals surface area contributed by atoms with E-state index < -0.39 is 5.60 Å². The molecule has 0 bridgehead atoms. The monoisotopic (exact) mass is 430 g/mol. The molecular formula is C23H34N4O4. The molecule has 1 N–H and O–H groups in total. The summed E-state index contributed by atoms with van der Waals surface area (Å²) in [5.74, 6) is 0.366. The summed E-state index contributed by atoms with van der Waals surface area (Å²) in [6.45, 7) is 8.12. The highest BCUT2D eigenvalue weighted by Crippen LogP contribution is 2.23. The van der Waals surface area contributed by atoms with Gasteiger partial charge in [0.05, 0.1) is 0 Å². The predicted molar refractivity (Wildman–Crippen MR) is 116 cm³/mol. The second-order valence-electron chi connectivity index (χ2n) is 9.48. The van der Waals surface area contributed by atoms with Gasteiger partial charge in [0.1, 0.15) is 5.60 Å². The Hall–Kier alpha value is -2.64. The largest absolute Gasteiger partial charge is 0.444 e. The third-order valence-electron chi connectivity index (χ3n) is 5.81. The first-order chi connectivity index (χ1) is 14.7. The summed E-state index contributed by atoms with van der Waals surface area (Å²) in [6, 6.07) is 3.56. The summed E-state index contributed by atoms with van der Waals surface area (Å²) in [7, 11) is 0. The molecule has 0 saturated carbocycles. The van der Waals surface area contributed by atoms with Crippen LogP contribution in [0, 0.1) is 5.92 Å². The van der Waals surface area contributed by atoms with Crippen LogP contribution in [0.25, 0.3) is 0 Å².